The Morgan fingerprint density at radius 3 is 2.07 bits per heavy atom. The van der Waals surface area contributed by atoms with E-state index >= 15 is 0 Å². The Hall–Kier alpha value is -0.130. The molecule has 0 aromatic heterocycles. The minimum Gasteiger partial charge on any atom is -0.381 e. The van der Waals surface area contributed by atoms with Gasteiger partial charge in [-0.25, -0.2) is 13.1 Å². The van der Waals surface area contributed by atoms with Crippen molar-refractivity contribution >= 4 is 10.0 Å². The summed E-state index contributed by atoms with van der Waals surface area (Å²) in [6.07, 6.45) is 0. The van der Waals surface area contributed by atoms with Gasteiger partial charge in [-0.15, -0.1) is 0 Å². The van der Waals surface area contributed by atoms with Gasteiger partial charge in [0, 0.05) is 6.04 Å². The molecule has 0 radical (unpaired) electrons. The summed E-state index contributed by atoms with van der Waals surface area (Å²) in [6.45, 7) is 8.61. The van der Waals surface area contributed by atoms with Crippen molar-refractivity contribution in [2.75, 3.05) is 13.2 Å². The molecule has 2 atom stereocenters. The summed E-state index contributed by atoms with van der Waals surface area (Å²) in [7, 11) is -3.21. The highest BCUT2D eigenvalue weighted by atomic mass is 32.2. The van der Waals surface area contributed by atoms with Gasteiger partial charge in [0.2, 0.25) is 10.0 Å². The van der Waals surface area contributed by atoms with Crippen LogP contribution in [0.3, 0.4) is 0 Å². The molecular weight excluding hydrogens is 214 g/mol. The SMILES string of the molecule is CC(C)NS(=O)(=O)C1C(C)COCC1C. The summed E-state index contributed by atoms with van der Waals surface area (Å²) in [5.41, 5.74) is 0. The van der Waals surface area contributed by atoms with E-state index in [-0.39, 0.29) is 23.1 Å². The van der Waals surface area contributed by atoms with Crippen LogP contribution in [0.15, 0.2) is 0 Å². The first-order chi connectivity index (χ1) is 6.84. The lowest BCUT2D eigenvalue weighted by molar-refractivity contribution is 0.0299. The Bertz CT molecular complexity index is 290. The number of hydrogen-bond acceptors (Lipinski definition) is 3. The van der Waals surface area contributed by atoms with Gasteiger partial charge in [-0.1, -0.05) is 13.8 Å². The highest BCUT2D eigenvalue weighted by Crippen LogP contribution is 2.26. The van der Waals surface area contributed by atoms with Crippen LogP contribution in [-0.4, -0.2) is 32.9 Å². The molecule has 1 fully saturated rings. The lowest BCUT2D eigenvalue weighted by atomic mass is 9.95. The molecule has 15 heavy (non-hydrogen) atoms. The summed E-state index contributed by atoms with van der Waals surface area (Å²) in [5.74, 6) is 0.120. The van der Waals surface area contributed by atoms with Crippen LogP contribution in [0.25, 0.3) is 0 Å². The molecule has 1 aliphatic heterocycles. The number of ether oxygens (including phenoxy) is 1. The minimum atomic E-state index is -3.21. The largest absolute Gasteiger partial charge is 0.381 e. The zero-order valence-electron chi connectivity index (χ0n) is 9.86. The monoisotopic (exact) mass is 235 g/mol. The second-order valence-electron chi connectivity index (χ2n) is 4.77. The van der Waals surface area contributed by atoms with Crippen LogP contribution >= 0.6 is 0 Å². The van der Waals surface area contributed by atoms with E-state index in [0.717, 1.165) is 0 Å². The quantitative estimate of drug-likeness (QED) is 0.793. The Kier molecular flexibility index (Phi) is 4.14. The molecule has 0 saturated carbocycles. The van der Waals surface area contributed by atoms with E-state index in [0.29, 0.717) is 13.2 Å². The predicted octanol–water partition coefficient (Wildman–Crippen LogP) is 0.985. The smallest absolute Gasteiger partial charge is 0.215 e. The lowest BCUT2D eigenvalue weighted by Crippen LogP contribution is -2.49. The van der Waals surface area contributed by atoms with Gasteiger partial charge in [-0.05, 0) is 25.7 Å². The molecule has 0 amide bonds. The van der Waals surface area contributed by atoms with E-state index in [2.05, 4.69) is 4.72 Å². The predicted molar refractivity (Wildman–Crippen MR) is 60.1 cm³/mol. The van der Waals surface area contributed by atoms with Gasteiger partial charge in [0.25, 0.3) is 0 Å². The number of hydrogen-bond donors (Lipinski definition) is 1. The fraction of sp³-hybridized carbons (Fsp3) is 1.00. The van der Waals surface area contributed by atoms with Crippen LogP contribution in [-0.2, 0) is 14.8 Å². The zero-order chi connectivity index (χ0) is 11.6. The van der Waals surface area contributed by atoms with E-state index in [1.165, 1.54) is 0 Å². The molecule has 5 heteroatoms. The molecule has 0 aromatic rings. The van der Waals surface area contributed by atoms with Crippen molar-refractivity contribution in [3.63, 3.8) is 0 Å². The molecule has 1 N–H and O–H groups in total. The second kappa shape index (κ2) is 4.80. The Labute approximate surface area is 92.4 Å². The van der Waals surface area contributed by atoms with Crippen molar-refractivity contribution < 1.29 is 13.2 Å². The molecule has 0 aromatic carbocycles. The molecular formula is C10H21NO3S. The van der Waals surface area contributed by atoms with Crippen molar-refractivity contribution in [3.05, 3.63) is 0 Å². The van der Waals surface area contributed by atoms with Gasteiger partial charge < -0.3 is 4.74 Å². The van der Waals surface area contributed by atoms with E-state index in [9.17, 15) is 8.42 Å². The van der Waals surface area contributed by atoms with E-state index < -0.39 is 10.0 Å². The van der Waals surface area contributed by atoms with Gasteiger partial charge in [0.1, 0.15) is 0 Å². The maximum absolute atomic E-state index is 12.1. The third-order valence-corrected chi connectivity index (χ3v) is 5.09. The average Bonchev–Trinajstić information content (AvgIpc) is 1.99. The highest BCUT2D eigenvalue weighted by Gasteiger charge is 2.38. The van der Waals surface area contributed by atoms with Crippen LogP contribution in [0.4, 0.5) is 0 Å². The summed E-state index contributed by atoms with van der Waals surface area (Å²) in [5, 5.41) is -0.325. The van der Waals surface area contributed by atoms with Crippen molar-refractivity contribution in [1.29, 1.82) is 0 Å². The van der Waals surface area contributed by atoms with Crippen LogP contribution < -0.4 is 4.72 Å². The van der Waals surface area contributed by atoms with Crippen LogP contribution in [0, 0.1) is 11.8 Å². The average molecular weight is 235 g/mol. The van der Waals surface area contributed by atoms with Crippen LogP contribution in [0.5, 0.6) is 0 Å². The Morgan fingerprint density at radius 1 is 1.20 bits per heavy atom. The maximum atomic E-state index is 12.1. The van der Waals surface area contributed by atoms with Crippen LogP contribution in [0.2, 0.25) is 0 Å². The third kappa shape index (κ3) is 3.16. The van der Waals surface area contributed by atoms with Crippen molar-refractivity contribution in [1.82, 2.24) is 4.72 Å². The maximum Gasteiger partial charge on any atom is 0.215 e. The molecule has 1 heterocycles. The summed E-state index contributed by atoms with van der Waals surface area (Å²) >= 11 is 0. The Morgan fingerprint density at radius 2 is 1.67 bits per heavy atom. The minimum absolute atomic E-state index is 0.0442. The van der Waals surface area contributed by atoms with Crippen molar-refractivity contribution in [3.8, 4) is 0 Å². The molecule has 0 bridgehead atoms. The molecule has 0 aliphatic carbocycles. The number of rotatable bonds is 3. The third-order valence-electron chi connectivity index (χ3n) is 2.64. The molecule has 1 rings (SSSR count). The summed E-state index contributed by atoms with van der Waals surface area (Å²) < 4.78 is 32.1. The molecule has 90 valence electrons. The zero-order valence-corrected chi connectivity index (χ0v) is 10.7. The summed E-state index contributed by atoms with van der Waals surface area (Å²) in [6, 6.07) is -0.0442. The summed E-state index contributed by atoms with van der Waals surface area (Å²) in [4.78, 5) is 0. The van der Waals surface area contributed by atoms with Gasteiger partial charge in [0.05, 0.1) is 18.5 Å². The molecule has 0 spiro atoms. The molecule has 2 unspecified atom stereocenters. The van der Waals surface area contributed by atoms with Crippen molar-refractivity contribution in [2.24, 2.45) is 11.8 Å². The van der Waals surface area contributed by atoms with E-state index in [1.54, 1.807) is 0 Å². The second-order valence-corrected chi connectivity index (χ2v) is 6.64. The van der Waals surface area contributed by atoms with Gasteiger partial charge >= 0.3 is 0 Å². The van der Waals surface area contributed by atoms with Gasteiger partial charge in [0.15, 0.2) is 0 Å². The Balaban J connectivity index is 2.83. The molecule has 1 aliphatic rings. The fourth-order valence-corrected chi connectivity index (χ4v) is 4.40. The van der Waals surface area contributed by atoms with E-state index in [1.807, 2.05) is 27.7 Å². The van der Waals surface area contributed by atoms with Crippen molar-refractivity contribution in [2.45, 2.75) is 39.0 Å². The van der Waals surface area contributed by atoms with Crippen LogP contribution in [0.1, 0.15) is 27.7 Å². The first-order valence-electron chi connectivity index (χ1n) is 5.43. The fourth-order valence-electron chi connectivity index (χ4n) is 2.21. The normalized spacial score (nSPS) is 33.3. The van der Waals surface area contributed by atoms with E-state index in [4.69, 9.17) is 4.74 Å². The number of sulfonamides is 1. The number of nitrogens with one attached hydrogen (secondary N) is 1. The first kappa shape index (κ1) is 12.9. The standard InChI is InChI=1S/C10H21NO3S/c1-7(2)11-15(12,13)10-8(3)5-14-6-9(10)4/h7-11H,5-6H2,1-4H3. The topological polar surface area (TPSA) is 55.4 Å². The lowest BCUT2D eigenvalue weighted by Gasteiger charge is -2.34. The highest BCUT2D eigenvalue weighted by molar-refractivity contribution is 7.90. The van der Waals surface area contributed by atoms with Gasteiger partial charge in [-0.2, -0.15) is 0 Å². The molecule has 4 nitrogen and oxygen atoms in total. The van der Waals surface area contributed by atoms with Gasteiger partial charge in [-0.3, -0.25) is 0 Å². The molecule has 1 saturated heterocycles. The first-order valence-corrected chi connectivity index (χ1v) is 6.98.